The minimum absolute atomic E-state index is 0.107. The maximum absolute atomic E-state index is 12.7. The average Bonchev–Trinajstić information content (AvgIpc) is 2.73. The maximum atomic E-state index is 12.7. The van der Waals surface area contributed by atoms with E-state index < -0.39 is 0 Å². The molecule has 1 aromatic heterocycles. The van der Waals surface area contributed by atoms with Crippen LogP contribution in [-0.4, -0.2) is 55.3 Å². The van der Waals surface area contributed by atoms with Crippen LogP contribution < -0.4 is 10.5 Å². The number of piperidine rings is 1. The molecule has 0 saturated carbocycles. The first-order valence-electron chi connectivity index (χ1n) is 10.9. The van der Waals surface area contributed by atoms with Crippen LogP contribution in [0, 0.1) is 16.7 Å². The Hall–Kier alpha value is -2.69. The number of nitriles is 1. The molecule has 0 radical (unpaired) electrons. The molecule has 166 valence electrons. The third-order valence-corrected chi connectivity index (χ3v) is 6.07. The summed E-state index contributed by atoms with van der Waals surface area (Å²) in [7, 11) is 3.77. The van der Waals surface area contributed by atoms with Crippen molar-refractivity contribution in [2.24, 2.45) is 5.41 Å². The first-order valence-corrected chi connectivity index (χ1v) is 10.9. The summed E-state index contributed by atoms with van der Waals surface area (Å²) in [6.45, 7) is 8.43. The highest BCUT2D eigenvalue weighted by Gasteiger charge is 2.28. The normalized spacial score (nSPS) is 15.8. The van der Waals surface area contributed by atoms with Crippen LogP contribution in [-0.2, 0) is 17.7 Å². The molecule has 2 aromatic rings. The van der Waals surface area contributed by atoms with Gasteiger partial charge in [-0.15, -0.1) is 0 Å². The number of hydrogen-bond acceptors (Lipinski definition) is 6. The molecule has 31 heavy (non-hydrogen) atoms. The van der Waals surface area contributed by atoms with Gasteiger partial charge in [-0.1, -0.05) is 38.1 Å². The van der Waals surface area contributed by atoms with Crippen LogP contribution in [0.2, 0.25) is 0 Å². The monoisotopic (exact) mass is 423 g/mol. The number of ether oxygens (including phenoxy) is 1. The number of likely N-dealkylation sites (N-methyl/N-ethyl adjacent to an activating group) is 1. The third kappa shape index (κ3) is 5.93. The number of anilines is 1. The summed E-state index contributed by atoms with van der Waals surface area (Å²) in [5.74, 6) is 1.11. The highest BCUT2D eigenvalue weighted by Crippen LogP contribution is 2.32. The molecule has 1 aromatic carbocycles. The molecule has 1 N–H and O–H groups in total. The van der Waals surface area contributed by atoms with Crippen molar-refractivity contribution < 1.29 is 4.74 Å². The van der Waals surface area contributed by atoms with E-state index in [0.29, 0.717) is 24.7 Å². The molecule has 3 rings (SSSR count). The van der Waals surface area contributed by atoms with Crippen LogP contribution in [0.15, 0.2) is 29.1 Å². The molecule has 0 aliphatic carbocycles. The van der Waals surface area contributed by atoms with Gasteiger partial charge in [-0.2, -0.15) is 5.26 Å². The number of nitrogens with zero attached hydrogens (tertiary/aromatic N) is 4. The average molecular weight is 424 g/mol. The zero-order valence-corrected chi connectivity index (χ0v) is 19.1. The lowest BCUT2D eigenvalue weighted by Crippen LogP contribution is -2.39. The Kier molecular flexibility index (Phi) is 7.47. The molecule has 7 nitrogen and oxygen atoms in total. The summed E-state index contributed by atoms with van der Waals surface area (Å²) >= 11 is 0. The molecule has 7 heteroatoms. The Morgan fingerprint density at radius 1 is 1.26 bits per heavy atom. The molecule has 2 heterocycles. The number of benzene rings is 1. The fourth-order valence-corrected chi connectivity index (χ4v) is 3.93. The Morgan fingerprint density at radius 2 is 1.94 bits per heavy atom. The molecule has 1 fully saturated rings. The van der Waals surface area contributed by atoms with E-state index in [1.165, 1.54) is 5.56 Å². The Balaban J connectivity index is 1.86. The molecule has 0 spiro atoms. The van der Waals surface area contributed by atoms with Gasteiger partial charge in [0.25, 0.3) is 5.56 Å². The second-order valence-electron chi connectivity index (χ2n) is 9.15. The van der Waals surface area contributed by atoms with Crippen LogP contribution >= 0.6 is 0 Å². The highest BCUT2D eigenvalue weighted by atomic mass is 16.5. The van der Waals surface area contributed by atoms with Crippen molar-refractivity contribution in [2.75, 3.05) is 45.3 Å². The standard InChI is InChI=1S/C24H33N5O2/c1-24(2)9-11-29(12-10-24)22-20(16-25)23(30)27-21(26-22)15-18-7-5-6-8-19(18)17-28(3)13-14-31-4/h5-8H,9-15,17H2,1-4H3,(H,26,27,30). The number of nitrogens with one attached hydrogen (secondary N) is 1. The lowest BCUT2D eigenvalue weighted by atomic mass is 9.82. The smallest absolute Gasteiger partial charge is 0.271 e. The number of H-pyrrole nitrogens is 1. The summed E-state index contributed by atoms with van der Waals surface area (Å²) in [5.41, 5.74) is 2.33. The fraction of sp³-hybridized carbons (Fsp3) is 0.542. The molecule has 0 unspecified atom stereocenters. The van der Waals surface area contributed by atoms with E-state index in [2.05, 4.69) is 53.9 Å². The molecule has 1 aliphatic rings. The van der Waals surface area contributed by atoms with E-state index in [-0.39, 0.29) is 16.5 Å². The highest BCUT2D eigenvalue weighted by molar-refractivity contribution is 5.53. The van der Waals surface area contributed by atoms with Crippen molar-refractivity contribution in [3.05, 3.63) is 57.1 Å². The molecule has 1 saturated heterocycles. The van der Waals surface area contributed by atoms with E-state index in [9.17, 15) is 10.1 Å². The van der Waals surface area contributed by atoms with Crippen molar-refractivity contribution in [1.29, 1.82) is 5.26 Å². The third-order valence-electron chi connectivity index (χ3n) is 6.07. The summed E-state index contributed by atoms with van der Waals surface area (Å²) in [6.07, 6.45) is 2.54. The predicted octanol–water partition coefficient (Wildman–Crippen LogP) is 2.94. The van der Waals surface area contributed by atoms with Crippen molar-refractivity contribution in [2.45, 2.75) is 39.7 Å². The van der Waals surface area contributed by atoms with E-state index in [1.54, 1.807) is 7.11 Å². The summed E-state index contributed by atoms with van der Waals surface area (Å²) in [6, 6.07) is 10.3. The van der Waals surface area contributed by atoms with Gasteiger partial charge in [-0.3, -0.25) is 9.69 Å². The quantitative estimate of drug-likeness (QED) is 0.703. The van der Waals surface area contributed by atoms with Crippen LogP contribution in [0.4, 0.5) is 5.82 Å². The predicted molar refractivity (Wildman–Crippen MR) is 122 cm³/mol. The zero-order valence-electron chi connectivity index (χ0n) is 19.1. The van der Waals surface area contributed by atoms with Crippen molar-refractivity contribution in [1.82, 2.24) is 14.9 Å². The fourth-order valence-electron chi connectivity index (χ4n) is 3.93. The van der Waals surface area contributed by atoms with Crippen LogP contribution in [0.25, 0.3) is 0 Å². The van der Waals surface area contributed by atoms with E-state index in [1.807, 2.05) is 12.1 Å². The van der Waals surface area contributed by atoms with Crippen LogP contribution in [0.5, 0.6) is 0 Å². The molecule has 0 bridgehead atoms. The molecule has 1 aliphatic heterocycles. The van der Waals surface area contributed by atoms with E-state index >= 15 is 0 Å². The number of aromatic amines is 1. The summed E-state index contributed by atoms with van der Waals surface area (Å²) in [5, 5.41) is 9.57. The Morgan fingerprint density at radius 3 is 2.58 bits per heavy atom. The summed E-state index contributed by atoms with van der Waals surface area (Å²) < 4.78 is 5.17. The topological polar surface area (TPSA) is 85.2 Å². The van der Waals surface area contributed by atoms with Crippen molar-refractivity contribution in [3.8, 4) is 6.07 Å². The van der Waals surface area contributed by atoms with Gasteiger partial charge in [-0.05, 0) is 36.4 Å². The lowest BCUT2D eigenvalue weighted by molar-refractivity contribution is 0.158. The molecule has 0 atom stereocenters. The first-order chi connectivity index (χ1) is 14.8. The van der Waals surface area contributed by atoms with Gasteiger partial charge in [-0.25, -0.2) is 4.98 Å². The molecular formula is C24H33N5O2. The van der Waals surface area contributed by atoms with E-state index in [0.717, 1.165) is 44.6 Å². The van der Waals surface area contributed by atoms with Gasteiger partial charge >= 0.3 is 0 Å². The van der Waals surface area contributed by atoms with E-state index in [4.69, 9.17) is 9.72 Å². The SMILES string of the molecule is COCCN(C)Cc1ccccc1Cc1nc(N2CCC(C)(C)CC2)c(C#N)c(=O)[nH]1. The lowest BCUT2D eigenvalue weighted by Gasteiger charge is -2.37. The minimum atomic E-state index is -0.359. The Labute approximate surface area is 184 Å². The second-order valence-corrected chi connectivity index (χ2v) is 9.15. The molecular weight excluding hydrogens is 390 g/mol. The van der Waals surface area contributed by atoms with Gasteiger partial charge in [0.2, 0.25) is 0 Å². The maximum Gasteiger partial charge on any atom is 0.271 e. The molecule has 0 amide bonds. The second kappa shape index (κ2) is 10.1. The first kappa shape index (κ1) is 23.0. The van der Waals surface area contributed by atoms with Crippen molar-refractivity contribution >= 4 is 5.82 Å². The Bertz CT molecular complexity index is 982. The largest absolute Gasteiger partial charge is 0.383 e. The van der Waals surface area contributed by atoms with Crippen LogP contribution in [0.3, 0.4) is 0 Å². The number of methoxy groups -OCH3 is 1. The van der Waals surface area contributed by atoms with Crippen molar-refractivity contribution in [3.63, 3.8) is 0 Å². The van der Waals surface area contributed by atoms with Gasteiger partial charge in [0.1, 0.15) is 11.9 Å². The number of hydrogen-bond donors (Lipinski definition) is 1. The van der Waals surface area contributed by atoms with Gasteiger partial charge in [0.05, 0.1) is 6.61 Å². The van der Waals surface area contributed by atoms with Gasteiger partial charge in [0, 0.05) is 39.7 Å². The van der Waals surface area contributed by atoms with Gasteiger partial charge in [0.15, 0.2) is 11.4 Å². The van der Waals surface area contributed by atoms with Gasteiger partial charge < -0.3 is 14.6 Å². The number of rotatable bonds is 8. The minimum Gasteiger partial charge on any atom is -0.383 e. The van der Waals surface area contributed by atoms with Crippen LogP contribution in [0.1, 0.15) is 49.2 Å². The zero-order chi connectivity index (χ0) is 22.4. The summed E-state index contributed by atoms with van der Waals surface area (Å²) in [4.78, 5) is 24.6. The number of aromatic nitrogens is 2.